The summed E-state index contributed by atoms with van der Waals surface area (Å²) in [4.78, 5) is 0. The molecule has 0 spiro atoms. The van der Waals surface area contributed by atoms with Gasteiger partial charge in [-0.2, -0.15) is 5.26 Å². The predicted molar refractivity (Wildman–Crippen MR) is 43.5 cm³/mol. The van der Waals surface area contributed by atoms with Crippen molar-refractivity contribution in [3.05, 3.63) is 0 Å². The minimum absolute atomic E-state index is 0.130. The zero-order valence-corrected chi connectivity index (χ0v) is 7.44. The molecular formula is C9H17N. The van der Waals surface area contributed by atoms with Gasteiger partial charge in [0.1, 0.15) is 0 Å². The van der Waals surface area contributed by atoms with E-state index in [9.17, 15) is 0 Å². The normalized spacial score (nSPS) is 14.3. The second kappa shape index (κ2) is 3.61. The quantitative estimate of drug-likeness (QED) is 0.589. The van der Waals surface area contributed by atoms with Crippen LogP contribution in [0.2, 0.25) is 0 Å². The van der Waals surface area contributed by atoms with E-state index in [1.807, 2.05) is 13.8 Å². The summed E-state index contributed by atoms with van der Waals surface area (Å²) < 4.78 is 0. The monoisotopic (exact) mass is 139 g/mol. The molecule has 0 rings (SSSR count). The van der Waals surface area contributed by atoms with E-state index in [1.54, 1.807) is 0 Å². The van der Waals surface area contributed by atoms with Crippen molar-refractivity contribution in [3.8, 4) is 6.07 Å². The summed E-state index contributed by atoms with van der Waals surface area (Å²) in [6.07, 6.45) is 2.19. The molecule has 0 amide bonds. The van der Waals surface area contributed by atoms with Crippen LogP contribution in [0.25, 0.3) is 0 Å². The average Bonchev–Trinajstić information content (AvgIpc) is 1.87. The van der Waals surface area contributed by atoms with Crippen LogP contribution in [0.5, 0.6) is 0 Å². The number of hydrogen-bond acceptors (Lipinski definition) is 1. The largest absolute Gasteiger partial charge is 0.198 e. The third-order valence-electron chi connectivity index (χ3n) is 1.86. The van der Waals surface area contributed by atoms with Gasteiger partial charge in [-0.25, -0.2) is 0 Å². The van der Waals surface area contributed by atoms with Gasteiger partial charge in [-0.3, -0.25) is 0 Å². The number of nitriles is 1. The molecule has 0 aliphatic rings. The van der Waals surface area contributed by atoms with Gasteiger partial charge in [-0.15, -0.1) is 0 Å². The zero-order chi connectivity index (χ0) is 8.20. The van der Waals surface area contributed by atoms with Gasteiger partial charge in [0, 0.05) is 0 Å². The lowest BCUT2D eigenvalue weighted by Crippen LogP contribution is -2.12. The van der Waals surface area contributed by atoms with Crippen molar-refractivity contribution in [1.82, 2.24) is 0 Å². The third kappa shape index (κ3) is 3.50. The van der Waals surface area contributed by atoms with Gasteiger partial charge in [0.25, 0.3) is 0 Å². The van der Waals surface area contributed by atoms with Crippen LogP contribution >= 0.6 is 0 Å². The third-order valence-corrected chi connectivity index (χ3v) is 1.86. The summed E-state index contributed by atoms with van der Waals surface area (Å²) in [6, 6.07) is 2.31. The lowest BCUT2D eigenvalue weighted by Gasteiger charge is -2.18. The van der Waals surface area contributed by atoms with Gasteiger partial charge in [-0.1, -0.05) is 20.3 Å². The first-order chi connectivity index (χ1) is 4.52. The summed E-state index contributed by atoms with van der Waals surface area (Å²) in [5.41, 5.74) is -0.130. The zero-order valence-electron chi connectivity index (χ0n) is 7.44. The summed E-state index contributed by atoms with van der Waals surface area (Å²) in [5, 5.41) is 8.69. The molecule has 0 aromatic rings. The lowest BCUT2D eigenvalue weighted by molar-refractivity contribution is 0.352. The van der Waals surface area contributed by atoms with E-state index in [0.29, 0.717) is 5.92 Å². The first-order valence-electron chi connectivity index (χ1n) is 3.93. The first-order valence-corrected chi connectivity index (χ1v) is 3.93. The van der Waals surface area contributed by atoms with Crippen LogP contribution in [0.3, 0.4) is 0 Å². The topological polar surface area (TPSA) is 23.8 Å². The molecule has 1 unspecified atom stereocenters. The maximum Gasteiger partial charge on any atom is 0.0684 e. The van der Waals surface area contributed by atoms with Crippen molar-refractivity contribution in [1.29, 1.82) is 5.26 Å². The molecule has 0 aromatic heterocycles. The molecule has 0 aromatic carbocycles. The molecule has 1 heteroatoms. The minimum Gasteiger partial charge on any atom is -0.198 e. The molecule has 0 bridgehead atoms. The Bertz CT molecular complexity index is 130. The lowest BCUT2D eigenvalue weighted by atomic mass is 9.84. The molecular weight excluding hydrogens is 122 g/mol. The highest BCUT2D eigenvalue weighted by Gasteiger charge is 2.18. The van der Waals surface area contributed by atoms with Crippen molar-refractivity contribution < 1.29 is 0 Å². The molecule has 0 saturated heterocycles. The highest BCUT2D eigenvalue weighted by Crippen LogP contribution is 2.25. The summed E-state index contributed by atoms with van der Waals surface area (Å²) in [5.74, 6) is 0.676. The average molecular weight is 139 g/mol. The Kier molecular flexibility index (Phi) is 3.42. The fourth-order valence-corrected chi connectivity index (χ4v) is 1.06. The fourth-order valence-electron chi connectivity index (χ4n) is 1.06. The molecule has 0 aliphatic heterocycles. The number of nitrogens with zero attached hydrogens (tertiary/aromatic N) is 1. The Morgan fingerprint density at radius 3 is 2.30 bits per heavy atom. The maximum absolute atomic E-state index is 8.69. The van der Waals surface area contributed by atoms with Gasteiger partial charge in [-0.05, 0) is 26.2 Å². The molecule has 0 heterocycles. The van der Waals surface area contributed by atoms with E-state index in [0.717, 1.165) is 6.42 Å². The molecule has 0 saturated carbocycles. The first kappa shape index (κ1) is 9.49. The molecule has 0 N–H and O–H groups in total. The maximum atomic E-state index is 8.69. The second-order valence-corrected chi connectivity index (χ2v) is 3.71. The number of rotatable bonds is 3. The fraction of sp³-hybridized carbons (Fsp3) is 0.889. The van der Waals surface area contributed by atoms with Gasteiger partial charge >= 0.3 is 0 Å². The summed E-state index contributed by atoms with van der Waals surface area (Å²) in [6.45, 7) is 8.36. The molecule has 58 valence electrons. The van der Waals surface area contributed by atoms with Crippen LogP contribution in [0.1, 0.15) is 40.5 Å². The van der Waals surface area contributed by atoms with Gasteiger partial charge in [0.15, 0.2) is 0 Å². The Labute approximate surface area is 64.1 Å². The van der Waals surface area contributed by atoms with Crippen LogP contribution in [-0.4, -0.2) is 0 Å². The van der Waals surface area contributed by atoms with Crippen LogP contribution < -0.4 is 0 Å². The van der Waals surface area contributed by atoms with Crippen LogP contribution in [0.15, 0.2) is 0 Å². The standard InChI is InChI=1S/C9H17N/c1-5-8(2)6-9(3,4)7-10/h8H,5-6H2,1-4H3. The van der Waals surface area contributed by atoms with Crippen molar-refractivity contribution in [2.45, 2.75) is 40.5 Å². The Balaban J connectivity index is 3.79. The van der Waals surface area contributed by atoms with Crippen molar-refractivity contribution in [3.63, 3.8) is 0 Å². The van der Waals surface area contributed by atoms with Crippen LogP contribution in [-0.2, 0) is 0 Å². The molecule has 0 fully saturated rings. The van der Waals surface area contributed by atoms with Crippen LogP contribution in [0.4, 0.5) is 0 Å². The molecule has 0 aliphatic carbocycles. The van der Waals surface area contributed by atoms with E-state index in [1.165, 1.54) is 6.42 Å². The van der Waals surface area contributed by atoms with Gasteiger partial charge in [0.05, 0.1) is 11.5 Å². The van der Waals surface area contributed by atoms with E-state index in [4.69, 9.17) is 5.26 Å². The van der Waals surface area contributed by atoms with E-state index >= 15 is 0 Å². The molecule has 10 heavy (non-hydrogen) atoms. The smallest absolute Gasteiger partial charge is 0.0684 e. The van der Waals surface area contributed by atoms with Crippen molar-refractivity contribution in [2.24, 2.45) is 11.3 Å². The highest BCUT2D eigenvalue weighted by molar-refractivity contribution is 4.92. The van der Waals surface area contributed by atoms with Gasteiger partial charge in [0.2, 0.25) is 0 Å². The SMILES string of the molecule is CCC(C)CC(C)(C)C#N. The summed E-state index contributed by atoms with van der Waals surface area (Å²) >= 11 is 0. The Morgan fingerprint density at radius 2 is 2.00 bits per heavy atom. The molecule has 0 radical (unpaired) electrons. The van der Waals surface area contributed by atoms with Crippen molar-refractivity contribution >= 4 is 0 Å². The van der Waals surface area contributed by atoms with Crippen molar-refractivity contribution in [2.75, 3.05) is 0 Å². The predicted octanol–water partition coefficient (Wildman–Crippen LogP) is 2.97. The van der Waals surface area contributed by atoms with Gasteiger partial charge < -0.3 is 0 Å². The molecule has 1 nitrogen and oxygen atoms in total. The minimum atomic E-state index is -0.130. The second-order valence-electron chi connectivity index (χ2n) is 3.71. The Morgan fingerprint density at radius 1 is 1.50 bits per heavy atom. The van der Waals surface area contributed by atoms with E-state index < -0.39 is 0 Å². The van der Waals surface area contributed by atoms with E-state index in [2.05, 4.69) is 19.9 Å². The van der Waals surface area contributed by atoms with E-state index in [-0.39, 0.29) is 5.41 Å². The van der Waals surface area contributed by atoms with Crippen LogP contribution in [0, 0.1) is 22.7 Å². The number of hydrogen-bond donors (Lipinski definition) is 0. The summed E-state index contributed by atoms with van der Waals surface area (Å²) in [7, 11) is 0. The Hall–Kier alpha value is -0.510. The highest BCUT2D eigenvalue weighted by atomic mass is 14.3. The molecule has 1 atom stereocenters.